The number of nitrogens with zero attached hydrogens (tertiary/aromatic N) is 2. The number of fused-ring (bicyclic) bond motifs is 1. The summed E-state index contributed by atoms with van der Waals surface area (Å²) in [5.74, 6) is -2.07. The van der Waals surface area contributed by atoms with Gasteiger partial charge in [0.1, 0.15) is 6.04 Å². The van der Waals surface area contributed by atoms with Crippen molar-refractivity contribution in [2.75, 3.05) is 25.0 Å². The summed E-state index contributed by atoms with van der Waals surface area (Å²) < 4.78 is 6.03. The molecule has 2 fully saturated rings. The van der Waals surface area contributed by atoms with Crippen LogP contribution >= 0.6 is 0 Å². The monoisotopic (exact) mass is 542 g/mol. The quantitative estimate of drug-likeness (QED) is 0.319. The van der Waals surface area contributed by atoms with E-state index in [9.17, 15) is 29.1 Å². The molecule has 3 N–H and O–H groups in total. The van der Waals surface area contributed by atoms with E-state index in [1.54, 1.807) is 18.2 Å². The summed E-state index contributed by atoms with van der Waals surface area (Å²) in [6, 6.07) is 4.18. The fraction of sp³-hybridized carbons (Fsp3) is 0.607. The van der Waals surface area contributed by atoms with Gasteiger partial charge in [0.2, 0.25) is 11.8 Å². The Balaban J connectivity index is 1.28. The SMILES string of the molecule is CC(C)(C)CN(CCCOC1CCC(Nc2cccc3c2C(=O)N(C2CCC(=O)NC2=O)C3=O)CC1)C(=O)O. The first-order valence-electron chi connectivity index (χ1n) is 13.6. The van der Waals surface area contributed by atoms with Gasteiger partial charge in [-0.1, -0.05) is 26.8 Å². The molecule has 4 rings (SSSR count). The first kappa shape index (κ1) is 28.5. The number of carboxylic acid groups (broad SMARTS) is 1. The number of hydrogen-bond acceptors (Lipinski definition) is 7. The van der Waals surface area contributed by atoms with Crippen molar-refractivity contribution in [2.24, 2.45) is 5.41 Å². The minimum absolute atomic E-state index is 0.0783. The zero-order valence-corrected chi connectivity index (χ0v) is 22.8. The zero-order valence-electron chi connectivity index (χ0n) is 22.8. The van der Waals surface area contributed by atoms with Crippen molar-refractivity contribution < 1.29 is 33.8 Å². The average molecular weight is 543 g/mol. The highest BCUT2D eigenvalue weighted by Crippen LogP contribution is 2.34. The third kappa shape index (κ3) is 6.76. The molecule has 5 amide bonds. The van der Waals surface area contributed by atoms with Gasteiger partial charge in [0.15, 0.2) is 0 Å². The van der Waals surface area contributed by atoms with Crippen molar-refractivity contribution in [1.29, 1.82) is 0 Å². The normalized spacial score (nSPS) is 23.5. The number of benzene rings is 1. The molecule has 11 nitrogen and oxygen atoms in total. The van der Waals surface area contributed by atoms with Gasteiger partial charge in [-0.05, 0) is 56.1 Å². The lowest BCUT2D eigenvalue weighted by molar-refractivity contribution is -0.136. The largest absolute Gasteiger partial charge is 0.465 e. The third-order valence-corrected chi connectivity index (χ3v) is 7.36. The van der Waals surface area contributed by atoms with Crippen molar-refractivity contribution in [3.05, 3.63) is 29.3 Å². The van der Waals surface area contributed by atoms with Gasteiger partial charge in [0.25, 0.3) is 11.8 Å². The Kier molecular flexibility index (Phi) is 8.58. The molecule has 2 heterocycles. The molecule has 0 bridgehead atoms. The molecule has 0 aromatic heterocycles. The molecule has 1 atom stereocenters. The lowest BCUT2D eigenvalue weighted by Crippen LogP contribution is -2.54. The Labute approximate surface area is 228 Å². The number of imide groups is 2. The van der Waals surface area contributed by atoms with Crippen LogP contribution < -0.4 is 10.6 Å². The maximum Gasteiger partial charge on any atom is 0.407 e. The fourth-order valence-corrected chi connectivity index (χ4v) is 5.55. The van der Waals surface area contributed by atoms with Crippen LogP contribution in [0.3, 0.4) is 0 Å². The van der Waals surface area contributed by atoms with Crippen LogP contribution in [0.4, 0.5) is 10.5 Å². The molecule has 0 spiro atoms. The number of anilines is 1. The predicted molar refractivity (Wildman–Crippen MR) is 142 cm³/mol. The van der Waals surface area contributed by atoms with Crippen LogP contribution in [-0.2, 0) is 14.3 Å². The Morgan fingerprint density at radius 1 is 1.10 bits per heavy atom. The number of carbonyl (C=O) groups is 5. The Morgan fingerprint density at radius 2 is 1.82 bits per heavy atom. The molecule has 2 aliphatic heterocycles. The topological polar surface area (TPSA) is 145 Å². The van der Waals surface area contributed by atoms with E-state index in [1.807, 2.05) is 20.8 Å². The number of rotatable bonds is 9. The van der Waals surface area contributed by atoms with Crippen molar-refractivity contribution in [2.45, 2.75) is 83.9 Å². The summed E-state index contributed by atoms with van der Waals surface area (Å²) >= 11 is 0. The highest BCUT2D eigenvalue weighted by atomic mass is 16.5. The minimum Gasteiger partial charge on any atom is -0.465 e. The van der Waals surface area contributed by atoms with Crippen molar-refractivity contribution in [1.82, 2.24) is 15.1 Å². The second-order valence-corrected chi connectivity index (χ2v) is 11.8. The molecule has 1 aromatic rings. The first-order valence-corrected chi connectivity index (χ1v) is 13.6. The lowest BCUT2D eigenvalue weighted by Gasteiger charge is -2.31. The van der Waals surface area contributed by atoms with Crippen LogP contribution in [0.15, 0.2) is 18.2 Å². The molecular formula is C28H38N4O7. The Hall–Kier alpha value is -3.47. The smallest absolute Gasteiger partial charge is 0.407 e. The fourth-order valence-electron chi connectivity index (χ4n) is 5.55. The van der Waals surface area contributed by atoms with E-state index in [4.69, 9.17) is 4.74 Å². The summed E-state index contributed by atoms with van der Waals surface area (Å²) in [7, 11) is 0. The van der Waals surface area contributed by atoms with E-state index >= 15 is 0 Å². The van der Waals surface area contributed by atoms with Gasteiger partial charge in [0.05, 0.1) is 17.2 Å². The van der Waals surface area contributed by atoms with E-state index in [2.05, 4.69) is 10.6 Å². The summed E-state index contributed by atoms with van der Waals surface area (Å²) in [5, 5.41) is 15.1. The predicted octanol–water partition coefficient (Wildman–Crippen LogP) is 3.24. The van der Waals surface area contributed by atoms with E-state index in [0.717, 1.165) is 30.6 Å². The zero-order chi connectivity index (χ0) is 28.3. The Morgan fingerprint density at radius 3 is 2.46 bits per heavy atom. The summed E-state index contributed by atoms with van der Waals surface area (Å²) in [6.45, 7) is 7.44. The van der Waals surface area contributed by atoms with Crippen molar-refractivity contribution in [3.8, 4) is 0 Å². The highest BCUT2D eigenvalue weighted by molar-refractivity contribution is 6.25. The maximum absolute atomic E-state index is 13.3. The van der Waals surface area contributed by atoms with Crippen LogP contribution in [0.1, 0.15) is 86.4 Å². The van der Waals surface area contributed by atoms with Gasteiger partial charge in [-0.15, -0.1) is 0 Å². The number of ether oxygens (including phenoxy) is 1. The lowest BCUT2D eigenvalue weighted by atomic mass is 9.92. The third-order valence-electron chi connectivity index (χ3n) is 7.36. The second-order valence-electron chi connectivity index (χ2n) is 11.8. The van der Waals surface area contributed by atoms with Gasteiger partial charge in [-0.25, -0.2) is 4.79 Å². The summed E-state index contributed by atoms with van der Waals surface area (Å²) in [6.07, 6.45) is 3.30. The van der Waals surface area contributed by atoms with Crippen LogP contribution in [-0.4, -0.2) is 82.5 Å². The van der Waals surface area contributed by atoms with E-state index < -0.39 is 35.8 Å². The van der Waals surface area contributed by atoms with E-state index in [0.29, 0.717) is 31.8 Å². The summed E-state index contributed by atoms with van der Waals surface area (Å²) in [4.78, 5) is 64.1. The second kappa shape index (κ2) is 11.7. The van der Waals surface area contributed by atoms with E-state index in [-0.39, 0.29) is 41.5 Å². The van der Waals surface area contributed by atoms with Crippen molar-refractivity contribution >= 4 is 35.4 Å². The maximum atomic E-state index is 13.3. The molecule has 0 radical (unpaired) electrons. The molecule has 1 unspecified atom stereocenters. The van der Waals surface area contributed by atoms with Gasteiger partial charge in [-0.2, -0.15) is 0 Å². The van der Waals surface area contributed by atoms with Gasteiger partial charge in [0, 0.05) is 37.8 Å². The highest BCUT2D eigenvalue weighted by Gasteiger charge is 2.45. The van der Waals surface area contributed by atoms with Gasteiger partial charge in [-0.3, -0.25) is 29.4 Å². The molecule has 1 aliphatic carbocycles. The number of nitrogens with one attached hydrogen (secondary N) is 2. The molecule has 1 aromatic carbocycles. The first-order chi connectivity index (χ1) is 18.4. The average Bonchev–Trinajstić information content (AvgIpc) is 3.12. The molecule has 3 aliphatic rings. The summed E-state index contributed by atoms with van der Waals surface area (Å²) in [5.41, 5.74) is 0.986. The van der Waals surface area contributed by atoms with Crippen LogP contribution in [0.5, 0.6) is 0 Å². The molecule has 39 heavy (non-hydrogen) atoms. The molecule has 1 saturated heterocycles. The Bertz CT molecular complexity index is 1140. The van der Waals surface area contributed by atoms with Gasteiger partial charge < -0.3 is 20.1 Å². The van der Waals surface area contributed by atoms with Gasteiger partial charge >= 0.3 is 6.09 Å². The molecule has 11 heteroatoms. The number of hydrogen-bond donors (Lipinski definition) is 3. The molecule has 1 saturated carbocycles. The number of carbonyl (C=O) groups excluding carboxylic acids is 4. The van der Waals surface area contributed by atoms with Crippen LogP contribution in [0, 0.1) is 5.41 Å². The number of amides is 5. The van der Waals surface area contributed by atoms with Crippen LogP contribution in [0.2, 0.25) is 0 Å². The standard InChI is InChI=1S/C28H38N4O7/c1-28(2,3)16-31(27(37)38)14-5-15-39-18-10-8-17(9-11-18)29-20-7-4-6-19-23(20)26(36)32(25(19)35)21-12-13-22(33)30-24(21)34/h4,6-7,17-18,21,29H,5,8-16H2,1-3H3,(H,37,38)(H,30,33,34). The molecule has 212 valence electrons. The molecular weight excluding hydrogens is 504 g/mol. The van der Waals surface area contributed by atoms with Crippen molar-refractivity contribution in [3.63, 3.8) is 0 Å². The van der Waals surface area contributed by atoms with E-state index in [1.165, 1.54) is 4.90 Å². The minimum atomic E-state index is -0.994. The van der Waals surface area contributed by atoms with Crippen LogP contribution in [0.25, 0.3) is 0 Å². The number of piperidine rings is 1.